The highest BCUT2D eigenvalue weighted by Gasteiger charge is 2.39. The number of ether oxygens (including phenoxy) is 1. The number of nitrogens with one attached hydrogen (secondary N) is 1. The maximum atomic E-state index is 13.8. The summed E-state index contributed by atoms with van der Waals surface area (Å²) in [6, 6.07) is 22.4. The molecule has 1 unspecified atom stereocenters. The number of hydrogen-bond acceptors (Lipinski definition) is 3. The minimum Gasteiger partial charge on any atom is -0.497 e. The van der Waals surface area contributed by atoms with Gasteiger partial charge in [0.1, 0.15) is 5.75 Å². The molecular formula is C25H24N2O3S. The number of fused-ring (bicyclic) bond motifs is 3. The van der Waals surface area contributed by atoms with Gasteiger partial charge in [-0.3, -0.25) is 0 Å². The molecule has 0 fully saturated rings. The topological polar surface area (TPSA) is 62.4 Å². The summed E-state index contributed by atoms with van der Waals surface area (Å²) in [5, 5.41) is 1.06. The second-order valence-corrected chi connectivity index (χ2v) is 9.81. The van der Waals surface area contributed by atoms with Crippen LogP contribution in [-0.2, 0) is 16.4 Å². The van der Waals surface area contributed by atoms with Gasteiger partial charge in [-0.15, -0.1) is 0 Å². The Morgan fingerprint density at radius 1 is 0.968 bits per heavy atom. The lowest BCUT2D eigenvalue weighted by Gasteiger charge is -2.35. The molecule has 1 aromatic heterocycles. The van der Waals surface area contributed by atoms with Crippen LogP contribution in [0.4, 0.5) is 0 Å². The molecule has 0 saturated carbocycles. The van der Waals surface area contributed by atoms with E-state index >= 15 is 0 Å². The average molecular weight is 433 g/mol. The summed E-state index contributed by atoms with van der Waals surface area (Å²) in [6.07, 6.45) is 0.641. The lowest BCUT2D eigenvalue weighted by Crippen LogP contribution is -2.40. The van der Waals surface area contributed by atoms with Crippen LogP contribution in [0.3, 0.4) is 0 Å². The predicted octanol–water partition coefficient (Wildman–Crippen LogP) is 4.82. The Morgan fingerprint density at radius 2 is 1.68 bits per heavy atom. The fourth-order valence-corrected chi connectivity index (χ4v) is 6.03. The number of nitrogens with zero attached hydrogens (tertiary/aromatic N) is 1. The molecule has 0 spiro atoms. The first kappa shape index (κ1) is 19.8. The van der Waals surface area contributed by atoms with Gasteiger partial charge < -0.3 is 9.72 Å². The number of H-pyrrole nitrogens is 1. The second-order valence-electron chi connectivity index (χ2n) is 7.92. The van der Waals surface area contributed by atoms with E-state index in [1.54, 1.807) is 23.5 Å². The van der Waals surface area contributed by atoms with Gasteiger partial charge in [0.25, 0.3) is 0 Å². The van der Waals surface area contributed by atoms with Crippen LogP contribution in [0.15, 0.2) is 77.7 Å². The Morgan fingerprint density at radius 3 is 2.39 bits per heavy atom. The molecule has 5 rings (SSSR count). The van der Waals surface area contributed by atoms with Crippen molar-refractivity contribution in [3.8, 4) is 5.75 Å². The van der Waals surface area contributed by atoms with Crippen LogP contribution in [-0.4, -0.2) is 31.4 Å². The van der Waals surface area contributed by atoms with E-state index in [0.717, 1.165) is 39.0 Å². The highest BCUT2D eigenvalue weighted by molar-refractivity contribution is 7.89. The zero-order chi connectivity index (χ0) is 21.6. The van der Waals surface area contributed by atoms with Crippen LogP contribution in [0.2, 0.25) is 0 Å². The van der Waals surface area contributed by atoms with E-state index in [1.165, 1.54) is 0 Å². The Hall–Kier alpha value is -3.09. The molecule has 31 heavy (non-hydrogen) atoms. The zero-order valence-corrected chi connectivity index (χ0v) is 18.3. The highest BCUT2D eigenvalue weighted by Crippen LogP contribution is 2.42. The third-order valence-electron chi connectivity index (χ3n) is 6.03. The summed E-state index contributed by atoms with van der Waals surface area (Å²) in [6.45, 7) is 2.36. The molecule has 0 aliphatic carbocycles. The molecular weight excluding hydrogens is 408 g/mol. The minimum absolute atomic E-state index is 0.319. The quantitative estimate of drug-likeness (QED) is 0.503. The van der Waals surface area contributed by atoms with Crippen LogP contribution in [0, 0.1) is 6.92 Å². The van der Waals surface area contributed by atoms with E-state index in [9.17, 15) is 8.42 Å². The Balaban J connectivity index is 1.71. The summed E-state index contributed by atoms with van der Waals surface area (Å²) >= 11 is 0. The highest BCUT2D eigenvalue weighted by atomic mass is 32.2. The molecule has 0 bridgehead atoms. The van der Waals surface area contributed by atoms with Gasteiger partial charge in [0.05, 0.1) is 18.0 Å². The number of sulfonamides is 1. The van der Waals surface area contributed by atoms with Crippen LogP contribution in [0.1, 0.15) is 28.4 Å². The largest absolute Gasteiger partial charge is 0.497 e. The van der Waals surface area contributed by atoms with Crippen molar-refractivity contribution < 1.29 is 13.2 Å². The van der Waals surface area contributed by atoms with Crippen LogP contribution in [0.25, 0.3) is 10.9 Å². The number of methoxy groups -OCH3 is 1. The summed E-state index contributed by atoms with van der Waals surface area (Å²) in [5.41, 5.74) is 5.10. The van der Waals surface area contributed by atoms with Crippen molar-refractivity contribution in [2.24, 2.45) is 0 Å². The molecule has 2 heterocycles. The maximum absolute atomic E-state index is 13.8. The molecule has 0 saturated heterocycles. The number of rotatable bonds is 4. The van der Waals surface area contributed by atoms with Crippen molar-refractivity contribution in [1.29, 1.82) is 0 Å². The summed E-state index contributed by atoms with van der Waals surface area (Å²) in [7, 11) is -2.07. The van der Waals surface area contributed by atoms with E-state index in [1.807, 2.05) is 61.5 Å². The first-order valence-electron chi connectivity index (χ1n) is 10.3. The fourth-order valence-electron chi connectivity index (χ4n) is 4.45. The zero-order valence-electron chi connectivity index (χ0n) is 17.5. The number of aromatic nitrogens is 1. The Bertz CT molecular complexity index is 1340. The van der Waals surface area contributed by atoms with E-state index in [0.29, 0.717) is 17.9 Å². The number of benzene rings is 3. The molecule has 1 aliphatic rings. The third-order valence-corrected chi connectivity index (χ3v) is 7.91. The third kappa shape index (κ3) is 3.32. The van der Waals surface area contributed by atoms with Gasteiger partial charge in [0.15, 0.2) is 0 Å². The van der Waals surface area contributed by atoms with E-state index in [2.05, 4.69) is 11.1 Å². The molecule has 1 aliphatic heterocycles. The van der Waals surface area contributed by atoms with Gasteiger partial charge in [-0.1, -0.05) is 48.0 Å². The summed E-state index contributed by atoms with van der Waals surface area (Å²) < 4.78 is 34.5. The Kier molecular flexibility index (Phi) is 4.84. The molecule has 1 N–H and O–H groups in total. The predicted molar refractivity (Wildman–Crippen MR) is 122 cm³/mol. The van der Waals surface area contributed by atoms with Crippen molar-refractivity contribution in [3.05, 3.63) is 95.2 Å². The van der Waals surface area contributed by atoms with E-state index in [-0.39, 0.29) is 0 Å². The van der Waals surface area contributed by atoms with Crippen LogP contribution >= 0.6 is 0 Å². The standard InChI is InChI=1S/C25H24N2O3S/c1-17-7-13-20(14-8-17)31(28,29)27-16-15-23-24(21-5-3-4-6-22(21)26-23)25(27)18-9-11-19(30-2)12-10-18/h3-14,25-26H,15-16H2,1-2H3. The molecule has 1 atom stereocenters. The van der Waals surface area contributed by atoms with E-state index < -0.39 is 16.1 Å². The molecule has 0 amide bonds. The first-order chi connectivity index (χ1) is 15.0. The number of aromatic amines is 1. The first-order valence-corrected chi connectivity index (χ1v) is 11.7. The van der Waals surface area contributed by atoms with Crippen molar-refractivity contribution in [1.82, 2.24) is 9.29 Å². The van der Waals surface area contributed by atoms with Gasteiger partial charge >= 0.3 is 0 Å². The molecule has 158 valence electrons. The number of hydrogen-bond donors (Lipinski definition) is 1. The van der Waals surface area contributed by atoms with Crippen molar-refractivity contribution in [2.45, 2.75) is 24.3 Å². The van der Waals surface area contributed by atoms with Crippen molar-refractivity contribution in [3.63, 3.8) is 0 Å². The molecule has 4 aromatic rings. The van der Waals surface area contributed by atoms with E-state index in [4.69, 9.17) is 4.74 Å². The lowest BCUT2D eigenvalue weighted by molar-refractivity contribution is 0.344. The van der Waals surface area contributed by atoms with Gasteiger partial charge in [0.2, 0.25) is 10.0 Å². The molecule has 5 nitrogen and oxygen atoms in total. The van der Waals surface area contributed by atoms with Crippen LogP contribution < -0.4 is 4.74 Å². The molecule has 3 aromatic carbocycles. The van der Waals surface area contributed by atoms with Gasteiger partial charge in [-0.2, -0.15) is 4.31 Å². The van der Waals surface area contributed by atoms with Gasteiger partial charge in [-0.25, -0.2) is 8.42 Å². The smallest absolute Gasteiger partial charge is 0.243 e. The van der Waals surface area contributed by atoms with Crippen molar-refractivity contribution >= 4 is 20.9 Å². The summed E-state index contributed by atoms with van der Waals surface area (Å²) in [5.74, 6) is 0.742. The monoisotopic (exact) mass is 432 g/mol. The number of aryl methyl sites for hydroxylation is 1. The lowest BCUT2D eigenvalue weighted by atomic mass is 9.92. The molecule has 6 heteroatoms. The minimum atomic E-state index is -3.69. The average Bonchev–Trinajstić information content (AvgIpc) is 3.17. The van der Waals surface area contributed by atoms with Gasteiger partial charge in [-0.05, 0) is 42.8 Å². The SMILES string of the molecule is COc1ccc(C2c3c([nH]c4ccccc34)CCN2S(=O)(=O)c2ccc(C)cc2)cc1. The van der Waals surface area contributed by atoms with Gasteiger partial charge in [0, 0.05) is 35.1 Å². The van der Waals surface area contributed by atoms with Crippen LogP contribution in [0.5, 0.6) is 5.75 Å². The molecule has 0 radical (unpaired) electrons. The fraction of sp³-hybridized carbons (Fsp3) is 0.200. The van der Waals surface area contributed by atoms with Crippen molar-refractivity contribution in [2.75, 3.05) is 13.7 Å². The summed E-state index contributed by atoms with van der Waals surface area (Å²) in [4.78, 5) is 3.83. The normalized spacial score (nSPS) is 16.9. The maximum Gasteiger partial charge on any atom is 0.243 e. The second kappa shape index (κ2) is 7.55. The Labute approximate surface area is 182 Å². The number of para-hydroxylation sites is 1.